The number of carbonyl (C=O) groups is 1. The minimum Gasteiger partial charge on any atom is -0.366 e. The molecule has 1 aromatic rings. The van der Waals surface area contributed by atoms with Gasteiger partial charge < -0.3 is 5.73 Å². The van der Waals surface area contributed by atoms with E-state index in [-0.39, 0.29) is 5.91 Å². The first kappa shape index (κ1) is 8.53. The number of amides is 1. The maximum atomic E-state index is 10.7. The highest BCUT2D eigenvalue weighted by molar-refractivity contribution is 5.92. The van der Waals surface area contributed by atoms with Gasteiger partial charge in [0, 0.05) is 5.56 Å². The molecular weight excluding hydrogens is 150 g/mol. The molecule has 0 unspecified atom stereocenters. The minimum atomic E-state index is -0.387. The van der Waals surface area contributed by atoms with Gasteiger partial charge in [0.2, 0.25) is 5.91 Å². The standard InChI is InChI=1S/C10H11NO/c1-2-3-8-4-6-9(7-5-8)10(11)12/h2-7H,1H3,(H2,11,12)/b3-2+. The minimum absolute atomic E-state index is 0.387. The molecule has 0 fully saturated rings. The van der Waals surface area contributed by atoms with Gasteiger partial charge in [0.25, 0.3) is 0 Å². The van der Waals surface area contributed by atoms with Crippen LogP contribution in [0, 0.1) is 0 Å². The molecule has 2 N–H and O–H groups in total. The molecule has 0 saturated carbocycles. The van der Waals surface area contributed by atoms with Gasteiger partial charge in [-0.05, 0) is 24.6 Å². The van der Waals surface area contributed by atoms with Gasteiger partial charge >= 0.3 is 0 Å². The van der Waals surface area contributed by atoms with E-state index in [1.54, 1.807) is 12.1 Å². The maximum Gasteiger partial charge on any atom is 0.248 e. The molecule has 0 aliphatic carbocycles. The zero-order chi connectivity index (χ0) is 8.97. The van der Waals surface area contributed by atoms with Gasteiger partial charge in [-0.3, -0.25) is 4.79 Å². The lowest BCUT2D eigenvalue weighted by Crippen LogP contribution is -2.10. The Morgan fingerprint density at radius 3 is 2.33 bits per heavy atom. The number of nitrogens with two attached hydrogens (primary N) is 1. The molecule has 0 aliphatic rings. The van der Waals surface area contributed by atoms with Crippen molar-refractivity contribution in [2.24, 2.45) is 5.73 Å². The van der Waals surface area contributed by atoms with Crippen molar-refractivity contribution >= 4 is 12.0 Å². The van der Waals surface area contributed by atoms with E-state index in [4.69, 9.17) is 5.73 Å². The summed E-state index contributed by atoms with van der Waals surface area (Å²) < 4.78 is 0. The van der Waals surface area contributed by atoms with E-state index in [1.165, 1.54) is 0 Å². The topological polar surface area (TPSA) is 43.1 Å². The van der Waals surface area contributed by atoms with Crippen LogP contribution in [0.1, 0.15) is 22.8 Å². The molecule has 0 radical (unpaired) electrons. The molecule has 1 aromatic carbocycles. The average Bonchev–Trinajstić information content (AvgIpc) is 2.06. The molecule has 0 saturated heterocycles. The van der Waals surface area contributed by atoms with Crippen molar-refractivity contribution in [3.05, 3.63) is 41.5 Å². The molecule has 0 heterocycles. The Morgan fingerprint density at radius 1 is 1.33 bits per heavy atom. The highest BCUT2D eigenvalue weighted by Crippen LogP contribution is 2.05. The number of carbonyl (C=O) groups excluding carboxylic acids is 1. The van der Waals surface area contributed by atoms with Crippen molar-refractivity contribution in [3.63, 3.8) is 0 Å². The van der Waals surface area contributed by atoms with E-state index in [2.05, 4.69) is 0 Å². The number of allylic oxidation sites excluding steroid dienone is 1. The van der Waals surface area contributed by atoms with E-state index in [9.17, 15) is 4.79 Å². The third-order valence-electron chi connectivity index (χ3n) is 1.55. The number of hydrogen-bond donors (Lipinski definition) is 1. The van der Waals surface area contributed by atoms with Gasteiger partial charge in [0.05, 0.1) is 0 Å². The number of hydrogen-bond acceptors (Lipinski definition) is 1. The summed E-state index contributed by atoms with van der Waals surface area (Å²) in [5.41, 5.74) is 6.70. The highest BCUT2D eigenvalue weighted by atomic mass is 16.1. The summed E-state index contributed by atoms with van der Waals surface area (Å²) in [6.45, 7) is 1.95. The second-order valence-electron chi connectivity index (χ2n) is 2.49. The van der Waals surface area contributed by atoms with Crippen LogP contribution in [0.5, 0.6) is 0 Å². The van der Waals surface area contributed by atoms with E-state index < -0.39 is 0 Å². The lowest BCUT2D eigenvalue weighted by atomic mass is 10.1. The van der Waals surface area contributed by atoms with Gasteiger partial charge in [-0.2, -0.15) is 0 Å². The Labute approximate surface area is 71.7 Å². The molecule has 62 valence electrons. The summed E-state index contributed by atoms with van der Waals surface area (Å²) in [6, 6.07) is 7.16. The highest BCUT2D eigenvalue weighted by Gasteiger charge is 1.96. The third kappa shape index (κ3) is 1.95. The van der Waals surface area contributed by atoms with E-state index in [0.29, 0.717) is 5.56 Å². The first-order valence-corrected chi connectivity index (χ1v) is 3.76. The van der Waals surface area contributed by atoms with E-state index >= 15 is 0 Å². The molecule has 0 bridgehead atoms. The van der Waals surface area contributed by atoms with Crippen LogP contribution in [0.3, 0.4) is 0 Å². The fourth-order valence-electron chi connectivity index (χ4n) is 0.951. The molecule has 1 rings (SSSR count). The van der Waals surface area contributed by atoms with Crippen molar-refractivity contribution < 1.29 is 4.79 Å². The van der Waals surface area contributed by atoms with Crippen LogP contribution >= 0.6 is 0 Å². The second-order valence-corrected chi connectivity index (χ2v) is 2.49. The second kappa shape index (κ2) is 3.72. The smallest absolute Gasteiger partial charge is 0.248 e. The predicted molar refractivity (Wildman–Crippen MR) is 49.7 cm³/mol. The molecular formula is C10H11NO. The molecule has 0 aliphatic heterocycles. The number of benzene rings is 1. The molecule has 1 amide bonds. The van der Waals surface area contributed by atoms with Gasteiger partial charge in [0.15, 0.2) is 0 Å². The van der Waals surface area contributed by atoms with Crippen molar-refractivity contribution in [1.82, 2.24) is 0 Å². The van der Waals surface area contributed by atoms with Gasteiger partial charge in [0.1, 0.15) is 0 Å². The van der Waals surface area contributed by atoms with Gasteiger partial charge in [-0.1, -0.05) is 24.3 Å². The van der Waals surface area contributed by atoms with Gasteiger partial charge in [-0.25, -0.2) is 0 Å². The van der Waals surface area contributed by atoms with Crippen LogP contribution in [0.15, 0.2) is 30.3 Å². The van der Waals surface area contributed by atoms with E-state index in [0.717, 1.165) is 5.56 Å². The Morgan fingerprint density at radius 2 is 1.92 bits per heavy atom. The normalized spacial score (nSPS) is 10.4. The largest absolute Gasteiger partial charge is 0.366 e. The summed E-state index contributed by atoms with van der Waals surface area (Å²) in [7, 11) is 0. The van der Waals surface area contributed by atoms with Crippen molar-refractivity contribution in [2.75, 3.05) is 0 Å². The van der Waals surface area contributed by atoms with Crippen LogP contribution in [0.2, 0.25) is 0 Å². The van der Waals surface area contributed by atoms with Crippen LogP contribution in [0.4, 0.5) is 0 Å². The fraction of sp³-hybridized carbons (Fsp3) is 0.100. The number of rotatable bonds is 2. The summed E-state index contributed by atoms with van der Waals surface area (Å²) in [6.07, 6.45) is 3.91. The quantitative estimate of drug-likeness (QED) is 0.706. The van der Waals surface area contributed by atoms with Crippen molar-refractivity contribution in [2.45, 2.75) is 6.92 Å². The SMILES string of the molecule is C/C=C/c1ccc(C(N)=O)cc1. The van der Waals surface area contributed by atoms with E-state index in [1.807, 2.05) is 31.2 Å². The lowest BCUT2D eigenvalue weighted by molar-refractivity contribution is 0.100. The molecule has 2 heteroatoms. The first-order valence-electron chi connectivity index (χ1n) is 3.76. The first-order chi connectivity index (χ1) is 5.74. The Hall–Kier alpha value is -1.57. The van der Waals surface area contributed by atoms with Crippen LogP contribution in [0.25, 0.3) is 6.08 Å². The summed E-state index contributed by atoms with van der Waals surface area (Å²) >= 11 is 0. The molecule has 2 nitrogen and oxygen atoms in total. The third-order valence-corrected chi connectivity index (χ3v) is 1.55. The predicted octanol–water partition coefficient (Wildman–Crippen LogP) is 1.82. The van der Waals surface area contributed by atoms with Gasteiger partial charge in [-0.15, -0.1) is 0 Å². The fourth-order valence-corrected chi connectivity index (χ4v) is 0.951. The summed E-state index contributed by atoms with van der Waals surface area (Å²) in [5, 5.41) is 0. The zero-order valence-corrected chi connectivity index (χ0v) is 6.95. The van der Waals surface area contributed by atoms with Crippen LogP contribution < -0.4 is 5.73 Å². The Bertz CT molecular complexity index is 298. The lowest BCUT2D eigenvalue weighted by Gasteiger charge is -1.95. The average molecular weight is 161 g/mol. The maximum absolute atomic E-state index is 10.7. The monoisotopic (exact) mass is 161 g/mol. The van der Waals surface area contributed by atoms with Crippen molar-refractivity contribution in [3.8, 4) is 0 Å². The summed E-state index contributed by atoms with van der Waals surface area (Å²) in [4.78, 5) is 10.7. The molecule has 0 atom stereocenters. The molecule has 12 heavy (non-hydrogen) atoms. The number of primary amides is 1. The molecule has 0 aromatic heterocycles. The Balaban J connectivity index is 2.93. The zero-order valence-electron chi connectivity index (χ0n) is 6.95. The summed E-state index contributed by atoms with van der Waals surface area (Å²) in [5.74, 6) is -0.387. The molecule has 0 spiro atoms. The van der Waals surface area contributed by atoms with Crippen LogP contribution in [-0.2, 0) is 0 Å². The van der Waals surface area contributed by atoms with Crippen LogP contribution in [-0.4, -0.2) is 5.91 Å². The Kier molecular flexibility index (Phi) is 2.64. The van der Waals surface area contributed by atoms with Crippen molar-refractivity contribution in [1.29, 1.82) is 0 Å².